The van der Waals surface area contributed by atoms with Gasteiger partial charge in [0.2, 0.25) is 5.91 Å². The third-order valence-corrected chi connectivity index (χ3v) is 6.68. The van der Waals surface area contributed by atoms with Crippen LogP contribution >= 0.6 is 11.3 Å². The van der Waals surface area contributed by atoms with Gasteiger partial charge >= 0.3 is 5.69 Å². The summed E-state index contributed by atoms with van der Waals surface area (Å²) in [6.07, 6.45) is 2.29. The maximum atomic E-state index is 12.5. The van der Waals surface area contributed by atoms with E-state index >= 15 is 0 Å². The van der Waals surface area contributed by atoms with Gasteiger partial charge in [-0.05, 0) is 19.4 Å². The highest BCUT2D eigenvalue weighted by Gasteiger charge is 2.16. The standard InChI is InChI=1S/C23H23N7O3S/c1-13-18(14-7-4-5-8-15(14)25-13)16-11-34-22(26-16)27-17(31)9-6-10-30-12-24-20-19(30)21(32)29(3)23(33)28(20)2/h4-5,7-8,11-12,25H,6,9-10H2,1-3H3,(H,26,27,31). The molecule has 10 nitrogen and oxygen atoms in total. The Morgan fingerprint density at radius 2 is 1.97 bits per heavy atom. The van der Waals surface area contributed by atoms with Gasteiger partial charge in [0.1, 0.15) is 0 Å². The molecule has 0 aliphatic carbocycles. The Hall–Kier alpha value is -3.99. The third-order valence-electron chi connectivity index (χ3n) is 5.92. The summed E-state index contributed by atoms with van der Waals surface area (Å²) in [5.74, 6) is -0.152. The van der Waals surface area contributed by atoms with Gasteiger partial charge in [-0.1, -0.05) is 18.2 Å². The molecule has 4 aromatic heterocycles. The fourth-order valence-corrected chi connectivity index (χ4v) is 4.93. The minimum absolute atomic E-state index is 0.152. The molecule has 0 aliphatic rings. The second-order valence-electron chi connectivity index (χ2n) is 8.18. The van der Waals surface area contributed by atoms with Crippen LogP contribution in [0.3, 0.4) is 0 Å². The van der Waals surface area contributed by atoms with Crippen LogP contribution in [0.4, 0.5) is 5.13 Å². The molecule has 11 heteroatoms. The van der Waals surface area contributed by atoms with Crippen molar-refractivity contribution in [2.24, 2.45) is 14.1 Å². The number of aromatic amines is 1. The summed E-state index contributed by atoms with van der Waals surface area (Å²) in [7, 11) is 3.02. The molecule has 0 unspecified atom stereocenters. The second-order valence-corrected chi connectivity index (χ2v) is 9.03. The first-order valence-corrected chi connectivity index (χ1v) is 11.7. The smallest absolute Gasteiger partial charge is 0.332 e. The third kappa shape index (κ3) is 3.63. The van der Waals surface area contributed by atoms with Gasteiger partial charge in [0, 0.05) is 54.6 Å². The molecule has 4 heterocycles. The Kier molecular flexibility index (Phi) is 5.40. The predicted molar refractivity (Wildman–Crippen MR) is 132 cm³/mol. The van der Waals surface area contributed by atoms with Crippen LogP contribution in [0.1, 0.15) is 18.5 Å². The summed E-state index contributed by atoms with van der Waals surface area (Å²) in [6, 6.07) is 8.06. The first-order valence-electron chi connectivity index (χ1n) is 10.8. The Labute approximate surface area is 197 Å². The van der Waals surface area contributed by atoms with Gasteiger partial charge in [-0.25, -0.2) is 14.8 Å². The van der Waals surface area contributed by atoms with Crippen molar-refractivity contribution < 1.29 is 4.79 Å². The van der Waals surface area contributed by atoms with Crippen LogP contribution in [0, 0.1) is 6.92 Å². The van der Waals surface area contributed by atoms with Crippen molar-refractivity contribution in [3.63, 3.8) is 0 Å². The van der Waals surface area contributed by atoms with E-state index in [1.165, 1.54) is 29.3 Å². The van der Waals surface area contributed by atoms with E-state index in [2.05, 4.69) is 26.3 Å². The Bertz CT molecular complexity index is 1670. The van der Waals surface area contributed by atoms with Gasteiger partial charge in [0.15, 0.2) is 16.3 Å². The number of amides is 1. The minimum Gasteiger partial charge on any atom is -0.358 e. The molecule has 5 aromatic rings. The highest BCUT2D eigenvalue weighted by atomic mass is 32.1. The topological polar surface area (TPSA) is 120 Å². The number of thiazole rings is 1. The van der Waals surface area contributed by atoms with Crippen molar-refractivity contribution in [3.8, 4) is 11.3 Å². The molecule has 1 aromatic carbocycles. The number of fused-ring (bicyclic) bond motifs is 2. The molecule has 0 spiro atoms. The maximum absolute atomic E-state index is 12.5. The number of imidazole rings is 1. The predicted octanol–water partition coefficient (Wildman–Crippen LogP) is 2.77. The Balaban J connectivity index is 1.26. The van der Waals surface area contributed by atoms with Crippen molar-refractivity contribution in [1.29, 1.82) is 0 Å². The normalized spacial score (nSPS) is 11.5. The summed E-state index contributed by atoms with van der Waals surface area (Å²) >= 11 is 1.38. The number of nitrogens with zero attached hydrogens (tertiary/aromatic N) is 5. The van der Waals surface area contributed by atoms with E-state index in [0.29, 0.717) is 29.3 Å². The molecule has 0 radical (unpaired) electrons. The Morgan fingerprint density at radius 1 is 1.18 bits per heavy atom. The number of aryl methyl sites for hydroxylation is 3. The summed E-state index contributed by atoms with van der Waals surface area (Å²) in [5.41, 5.74) is 3.80. The number of H-pyrrole nitrogens is 1. The average molecular weight is 478 g/mol. The molecule has 0 fully saturated rings. The Morgan fingerprint density at radius 3 is 2.79 bits per heavy atom. The van der Waals surface area contributed by atoms with E-state index in [1.807, 2.05) is 30.5 Å². The number of para-hydroxylation sites is 1. The minimum atomic E-state index is -0.423. The summed E-state index contributed by atoms with van der Waals surface area (Å²) in [5, 5.41) is 6.45. The molecule has 1 amide bonds. The lowest BCUT2D eigenvalue weighted by Crippen LogP contribution is -2.37. The average Bonchev–Trinajstić information content (AvgIpc) is 3.52. The van der Waals surface area contributed by atoms with Crippen LogP contribution < -0.4 is 16.6 Å². The number of benzene rings is 1. The van der Waals surface area contributed by atoms with Crippen molar-refractivity contribution in [1.82, 2.24) is 28.7 Å². The molecule has 5 rings (SSSR count). The number of anilines is 1. The van der Waals surface area contributed by atoms with E-state index in [1.54, 1.807) is 11.6 Å². The molecule has 0 aliphatic heterocycles. The number of hydrogen-bond donors (Lipinski definition) is 2. The summed E-state index contributed by atoms with van der Waals surface area (Å²) in [4.78, 5) is 49.3. The van der Waals surface area contributed by atoms with E-state index < -0.39 is 11.2 Å². The molecule has 0 saturated carbocycles. The summed E-state index contributed by atoms with van der Waals surface area (Å²) < 4.78 is 4.09. The highest BCUT2D eigenvalue weighted by Crippen LogP contribution is 2.33. The molecule has 0 bridgehead atoms. The monoisotopic (exact) mass is 477 g/mol. The van der Waals surface area contributed by atoms with Crippen molar-refractivity contribution in [2.75, 3.05) is 5.32 Å². The van der Waals surface area contributed by atoms with Gasteiger partial charge < -0.3 is 14.9 Å². The van der Waals surface area contributed by atoms with Gasteiger partial charge in [0.25, 0.3) is 5.56 Å². The zero-order valence-corrected chi connectivity index (χ0v) is 19.8. The first kappa shape index (κ1) is 21.8. The molecule has 34 heavy (non-hydrogen) atoms. The second kappa shape index (κ2) is 8.41. The zero-order chi connectivity index (χ0) is 24.0. The number of rotatable bonds is 6. The zero-order valence-electron chi connectivity index (χ0n) is 19.0. The number of hydrogen-bond acceptors (Lipinski definition) is 6. The molecule has 2 N–H and O–H groups in total. The number of carbonyl (C=O) groups excluding carboxylic acids is 1. The van der Waals surface area contributed by atoms with Crippen LogP contribution in [0.5, 0.6) is 0 Å². The van der Waals surface area contributed by atoms with E-state index in [9.17, 15) is 14.4 Å². The highest BCUT2D eigenvalue weighted by molar-refractivity contribution is 7.14. The van der Waals surface area contributed by atoms with Crippen LogP contribution in [-0.2, 0) is 25.4 Å². The largest absolute Gasteiger partial charge is 0.358 e. The molecule has 0 saturated heterocycles. The lowest BCUT2D eigenvalue weighted by Gasteiger charge is -2.06. The van der Waals surface area contributed by atoms with Gasteiger partial charge in [0.05, 0.1) is 12.0 Å². The van der Waals surface area contributed by atoms with Crippen LogP contribution in [-0.4, -0.2) is 34.6 Å². The van der Waals surface area contributed by atoms with Crippen LogP contribution in [0.25, 0.3) is 33.3 Å². The number of aromatic nitrogens is 6. The van der Waals surface area contributed by atoms with Crippen LogP contribution in [0.15, 0.2) is 45.6 Å². The van der Waals surface area contributed by atoms with Crippen molar-refractivity contribution in [3.05, 3.63) is 62.5 Å². The quantitative estimate of drug-likeness (QED) is 0.390. The molecular formula is C23H23N7O3S. The number of nitrogens with one attached hydrogen (secondary N) is 2. The van der Waals surface area contributed by atoms with Crippen molar-refractivity contribution >= 4 is 44.4 Å². The molecule has 0 atom stereocenters. The van der Waals surface area contributed by atoms with Crippen LogP contribution in [0.2, 0.25) is 0 Å². The van der Waals surface area contributed by atoms with E-state index in [4.69, 9.17) is 0 Å². The van der Waals surface area contributed by atoms with Gasteiger partial charge in [-0.3, -0.25) is 18.7 Å². The van der Waals surface area contributed by atoms with E-state index in [0.717, 1.165) is 32.4 Å². The molecular weight excluding hydrogens is 454 g/mol. The van der Waals surface area contributed by atoms with Gasteiger partial charge in [-0.15, -0.1) is 11.3 Å². The van der Waals surface area contributed by atoms with Gasteiger partial charge in [-0.2, -0.15) is 0 Å². The SMILES string of the molecule is Cc1[nH]c2ccccc2c1-c1csc(NC(=O)CCCn2cnc3c2c(=O)n(C)c(=O)n3C)n1. The lowest BCUT2D eigenvalue weighted by molar-refractivity contribution is -0.116. The fourth-order valence-electron chi connectivity index (χ4n) is 4.21. The summed E-state index contributed by atoms with van der Waals surface area (Å²) in [6.45, 7) is 2.44. The van der Waals surface area contributed by atoms with E-state index in [-0.39, 0.29) is 12.3 Å². The molecule has 174 valence electrons. The lowest BCUT2D eigenvalue weighted by atomic mass is 10.1. The maximum Gasteiger partial charge on any atom is 0.332 e. The first-order chi connectivity index (χ1) is 16.3. The van der Waals surface area contributed by atoms with Crippen molar-refractivity contribution in [2.45, 2.75) is 26.3 Å². The fraction of sp³-hybridized carbons (Fsp3) is 0.261. The number of carbonyl (C=O) groups is 1.